The van der Waals surface area contributed by atoms with E-state index in [9.17, 15) is 4.79 Å². The first-order valence-corrected chi connectivity index (χ1v) is 14.5. The van der Waals surface area contributed by atoms with Gasteiger partial charge in [0.25, 0.3) is 0 Å². The second kappa shape index (κ2) is 14.9. The van der Waals surface area contributed by atoms with Crippen LogP contribution >= 0.6 is 11.8 Å². The van der Waals surface area contributed by atoms with Gasteiger partial charge in [-0.05, 0) is 88.0 Å². The highest BCUT2D eigenvalue weighted by atomic mass is 32.2. The number of carbonyl (C=O) groups excluding carboxylic acids is 1. The molecule has 0 aromatic heterocycles. The summed E-state index contributed by atoms with van der Waals surface area (Å²) in [7, 11) is 4.16. The van der Waals surface area contributed by atoms with Crippen LogP contribution in [0.3, 0.4) is 0 Å². The average Bonchev–Trinajstić information content (AvgIpc) is 2.93. The maximum Gasteiger partial charge on any atom is 0.414 e. The van der Waals surface area contributed by atoms with E-state index in [0.29, 0.717) is 0 Å². The van der Waals surface area contributed by atoms with Gasteiger partial charge in [0.2, 0.25) is 5.91 Å². The van der Waals surface area contributed by atoms with Gasteiger partial charge in [-0.1, -0.05) is 37.5 Å². The standard InChI is InChI=1S/C28H38N2O2S.C2H2O4/c1-21-12-17-25-26(20-21)33-27(28(31)30(25)3)22-13-15-24(16-14-22)32-19-9-5-8-18-29(2)23-10-6-4-7-11-23;3-1(4)2(5)6/h12-17,20,23,27H,4-11,18-19H2,1-3H3;(H,3,4)(H,5,6). The van der Waals surface area contributed by atoms with Gasteiger partial charge in [-0.2, -0.15) is 0 Å². The van der Waals surface area contributed by atoms with E-state index in [2.05, 4.69) is 31.0 Å². The van der Waals surface area contributed by atoms with Crippen LogP contribution in [0.15, 0.2) is 47.4 Å². The number of aryl methyl sites for hydroxylation is 1. The van der Waals surface area contributed by atoms with Crippen molar-refractivity contribution in [3.63, 3.8) is 0 Å². The smallest absolute Gasteiger partial charge is 0.414 e. The lowest BCUT2D eigenvalue weighted by Crippen LogP contribution is -2.34. The average molecular weight is 557 g/mol. The van der Waals surface area contributed by atoms with Crippen molar-refractivity contribution in [2.75, 3.05) is 32.1 Å². The number of carboxylic acid groups (broad SMARTS) is 2. The molecule has 0 saturated heterocycles. The molecule has 212 valence electrons. The maximum atomic E-state index is 13.0. The number of ether oxygens (including phenoxy) is 1. The Morgan fingerprint density at radius 1 is 1.00 bits per heavy atom. The predicted molar refractivity (Wildman–Crippen MR) is 154 cm³/mol. The van der Waals surface area contributed by atoms with Crippen molar-refractivity contribution in [2.45, 2.75) is 74.5 Å². The lowest BCUT2D eigenvalue weighted by Gasteiger charge is -2.31. The van der Waals surface area contributed by atoms with Crippen LogP contribution < -0.4 is 9.64 Å². The van der Waals surface area contributed by atoms with Gasteiger partial charge in [0.15, 0.2) is 0 Å². The molecule has 1 aliphatic heterocycles. The number of likely N-dealkylation sites (N-methyl/N-ethyl adjacent to an activating group) is 1. The Morgan fingerprint density at radius 3 is 2.31 bits per heavy atom. The molecule has 0 radical (unpaired) electrons. The zero-order valence-electron chi connectivity index (χ0n) is 23.1. The van der Waals surface area contributed by atoms with Crippen LogP contribution in [0.1, 0.15) is 67.7 Å². The first-order valence-electron chi connectivity index (χ1n) is 13.6. The number of benzene rings is 2. The fourth-order valence-electron chi connectivity index (χ4n) is 4.95. The van der Waals surface area contributed by atoms with E-state index in [0.717, 1.165) is 41.0 Å². The molecular weight excluding hydrogens is 516 g/mol. The number of anilines is 1. The molecule has 39 heavy (non-hydrogen) atoms. The molecule has 1 heterocycles. The van der Waals surface area contributed by atoms with Crippen molar-refractivity contribution >= 4 is 35.3 Å². The summed E-state index contributed by atoms with van der Waals surface area (Å²) < 4.78 is 5.98. The topological polar surface area (TPSA) is 107 Å². The highest BCUT2D eigenvalue weighted by Crippen LogP contribution is 2.46. The van der Waals surface area contributed by atoms with Gasteiger partial charge in [-0.25, -0.2) is 9.59 Å². The predicted octanol–water partition coefficient (Wildman–Crippen LogP) is 5.77. The monoisotopic (exact) mass is 556 g/mol. The zero-order chi connectivity index (χ0) is 28.4. The number of nitrogens with zero attached hydrogens (tertiary/aromatic N) is 2. The Hall–Kier alpha value is -3.04. The van der Waals surface area contributed by atoms with Crippen molar-refractivity contribution in [3.05, 3.63) is 53.6 Å². The van der Waals surface area contributed by atoms with Crippen molar-refractivity contribution in [2.24, 2.45) is 0 Å². The lowest BCUT2D eigenvalue weighted by molar-refractivity contribution is -0.159. The van der Waals surface area contributed by atoms with Crippen LogP contribution in [0, 0.1) is 6.92 Å². The van der Waals surface area contributed by atoms with Gasteiger partial charge in [-0.3, -0.25) is 4.79 Å². The van der Waals surface area contributed by atoms with E-state index >= 15 is 0 Å². The fraction of sp³-hybridized carbons (Fsp3) is 0.500. The maximum absolute atomic E-state index is 13.0. The van der Waals surface area contributed by atoms with Gasteiger partial charge in [0, 0.05) is 18.0 Å². The summed E-state index contributed by atoms with van der Waals surface area (Å²) in [6.07, 6.45) is 10.5. The first kappa shape index (κ1) is 30.5. The number of aliphatic carboxylic acids is 2. The molecule has 9 heteroatoms. The van der Waals surface area contributed by atoms with Crippen molar-refractivity contribution in [1.29, 1.82) is 0 Å². The second-order valence-corrected chi connectivity index (χ2v) is 11.4. The van der Waals surface area contributed by atoms with E-state index in [1.807, 2.05) is 37.4 Å². The Bertz CT molecular complexity index is 1100. The molecule has 1 aliphatic carbocycles. The van der Waals surface area contributed by atoms with Crippen molar-refractivity contribution < 1.29 is 29.3 Å². The summed E-state index contributed by atoms with van der Waals surface area (Å²) in [5, 5.41) is 14.6. The summed E-state index contributed by atoms with van der Waals surface area (Å²) in [4.78, 5) is 36.7. The third-order valence-corrected chi connectivity index (χ3v) is 8.55. The quantitative estimate of drug-likeness (QED) is 0.296. The molecule has 1 amide bonds. The first-order chi connectivity index (χ1) is 18.7. The van der Waals surface area contributed by atoms with E-state index in [4.69, 9.17) is 24.5 Å². The minimum Gasteiger partial charge on any atom is -0.494 e. The minimum absolute atomic E-state index is 0.128. The van der Waals surface area contributed by atoms with Gasteiger partial charge in [0.1, 0.15) is 11.0 Å². The Morgan fingerprint density at radius 2 is 1.67 bits per heavy atom. The highest BCUT2D eigenvalue weighted by Gasteiger charge is 2.32. The Balaban J connectivity index is 0.000000631. The van der Waals surface area contributed by atoms with Gasteiger partial charge in [-0.15, -0.1) is 11.8 Å². The normalized spacial score (nSPS) is 17.3. The summed E-state index contributed by atoms with van der Waals surface area (Å²) >= 11 is 1.65. The molecule has 4 rings (SSSR count). The van der Waals surface area contributed by atoms with Crippen LogP contribution in [0.4, 0.5) is 5.69 Å². The minimum atomic E-state index is -1.82. The third kappa shape index (κ3) is 9.00. The molecule has 0 bridgehead atoms. The molecular formula is C30H40N2O6S. The summed E-state index contributed by atoms with van der Waals surface area (Å²) in [6.45, 7) is 4.04. The number of carbonyl (C=O) groups is 3. The summed E-state index contributed by atoms with van der Waals surface area (Å²) in [6, 6.07) is 15.2. The van der Waals surface area contributed by atoms with Crippen LogP contribution in [0.5, 0.6) is 5.75 Å². The van der Waals surface area contributed by atoms with Crippen LogP contribution in [0.25, 0.3) is 0 Å². The molecule has 1 fully saturated rings. The molecule has 0 spiro atoms. The van der Waals surface area contributed by atoms with Gasteiger partial charge >= 0.3 is 11.9 Å². The number of fused-ring (bicyclic) bond motifs is 1. The van der Waals surface area contributed by atoms with E-state index in [1.54, 1.807) is 16.7 Å². The Labute approximate surface area is 235 Å². The van der Waals surface area contributed by atoms with Crippen LogP contribution in [-0.2, 0) is 14.4 Å². The molecule has 1 saturated carbocycles. The third-order valence-electron chi connectivity index (χ3n) is 7.26. The number of hydrogen-bond acceptors (Lipinski definition) is 6. The Kier molecular flexibility index (Phi) is 11.7. The SMILES string of the molecule is Cc1ccc2c(c1)SC(c1ccc(OCCCCCN(C)C3CCCCC3)cc1)C(=O)N2C.O=C(O)C(=O)O. The van der Waals surface area contributed by atoms with Crippen LogP contribution in [0.2, 0.25) is 0 Å². The summed E-state index contributed by atoms with van der Waals surface area (Å²) in [5.41, 5.74) is 3.24. The molecule has 1 atom stereocenters. The number of amides is 1. The van der Waals surface area contributed by atoms with Crippen molar-refractivity contribution in [3.8, 4) is 5.75 Å². The molecule has 8 nitrogen and oxygen atoms in total. The number of unbranched alkanes of at least 4 members (excludes halogenated alkanes) is 2. The zero-order valence-corrected chi connectivity index (χ0v) is 23.9. The van der Waals surface area contributed by atoms with Crippen LogP contribution in [-0.4, -0.2) is 66.2 Å². The largest absolute Gasteiger partial charge is 0.494 e. The second-order valence-electron chi connectivity index (χ2n) is 10.2. The van der Waals surface area contributed by atoms with E-state index < -0.39 is 11.9 Å². The number of thioether (sulfide) groups is 1. The van der Waals surface area contributed by atoms with E-state index in [1.165, 1.54) is 57.1 Å². The van der Waals surface area contributed by atoms with Crippen molar-refractivity contribution in [1.82, 2.24) is 4.90 Å². The molecule has 2 aromatic carbocycles. The number of rotatable bonds is 9. The van der Waals surface area contributed by atoms with Gasteiger partial charge < -0.3 is 24.7 Å². The molecule has 2 aromatic rings. The molecule has 2 aliphatic rings. The van der Waals surface area contributed by atoms with E-state index in [-0.39, 0.29) is 11.2 Å². The number of carboxylic acids is 2. The highest BCUT2D eigenvalue weighted by molar-refractivity contribution is 8.00. The number of hydrogen-bond donors (Lipinski definition) is 2. The molecule has 2 N–H and O–H groups in total. The lowest BCUT2D eigenvalue weighted by atomic mass is 9.94. The fourth-order valence-corrected chi connectivity index (χ4v) is 6.33. The van der Waals surface area contributed by atoms with Gasteiger partial charge in [0.05, 0.1) is 12.3 Å². The molecule has 1 unspecified atom stereocenters. The summed E-state index contributed by atoms with van der Waals surface area (Å²) in [5.74, 6) is -2.64.